The lowest BCUT2D eigenvalue weighted by Gasteiger charge is -2.30. The number of nitrogens with zero attached hydrogens (tertiary/aromatic N) is 2. The quantitative estimate of drug-likeness (QED) is 0.469. The summed E-state index contributed by atoms with van der Waals surface area (Å²) in [6.45, 7) is 1.64. The van der Waals surface area contributed by atoms with Crippen molar-refractivity contribution in [1.29, 1.82) is 0 Å². The number of anilines is 1. The van der Waals surface area contributed by atoms with Crippen LogP contribution in [-0.2, 0) is 14.8 Å². The number of hydrogen-bond donors (Lipinski definition) is 2. The molecule has 0 aliphatic carbocycles. The lowest BCUT2D eigenvalue weighted by Crippen LogP contribution is -2.43. The molecule has 0 saturated carbocycles. The zero-order chi connectivity index (χ0) is 23.4. The number of nitrogens with one attached hydrogen (secondary N) is 2. The number of benzene rings is 2. The maximum absolute atomic E-state index is 12.8. The van der Waals surface area contributed by atoms with Crippen molar-refractivity contribution in [2.75, 3.05) is 31.5 Å². The Balaban J connectivity index is 1.25. The van der Waals surface area contributed by atoms with Crippen LogP contribution in [0.2, 0.25) is 10.0 Å². The standard InChI is InChI=1S/C23H24Cl2N4O3S/c24-17-1-4-19(5-2-17)33(31,32)29-13-8-16(9-14-29)23(30)28-12-11-27-21-7-10-26-22-15-18(25)3-6-20(21)22/h1-7,10,15-16H,8-9,11-14H2,(H,26,27)(H,28,30). The van der Waals surface area contributed by atoms with Gasteiger partial charge >= 0.3 is 0 Å². The molecule has 3 aromatic rings. The third kappa shape index (κ3) is 5.58. The molecule has 33 heavy (non-hydrogen) atoms. The van der Waals surface area contributed by atoms with E-state index >= 15 is 0 Å². The highest BCUT2D eigenvalue weighted by Crippen LogP contribution is 2.26. The molecular formula is C23H24Cl2N4O3S. The number of fused-ring (bicyclic) bond motifs is 1. The van der Waals surface area contributed by atoms with Crippen molar-refractivity contribution < 1.29 is 13.2 Å². The van der Waals surface area contributed by atoms with E-state index in [2.05, 4.69) is 15.6 Å². The summed E-state index contributed by atoms with van der Waals surface area (Å²) in [7, 11) is -3.58. The Bertz CT molecular complexity index is 1240. The molecule has 2 heterocycles. The largest absolute Gasteiger partial charge is 0.383 e. The van der Waals surface area contributed by atoms with Crippen molar-refractivity contribution in [1.82, 2.24) is 14.6 Å². The summed E-state index contributed by atoms with van der Waals surface area (Å²) in [5.41, 5.74) is 1.73. The van der Waals surface area contributed by atoms with Crippen molar-refractivity contribution in [2.45, 2.75) is 17.7 Å². The average Bonchev–Trinajstić information content (AvgIpc) is 2.82. The molecule has 0 unspecified atom stereocenters. The summed E-state index contributed by atoms with van der Waals surface area (Å²) in [5.74, 6) is -0.253. The molecule has 4 rings (SSSR count). The molecule has 1 amide bonds. The van der Waals surface area contributed by atoms with Crippen LogP contribution in [0.3, 0.4) is 0 Å². The van der Waals surface area contributed by atoms with Gasteiger partial charge in [-0.25, -0.2) is 8.42 Å². The molecule has 1 saturated heterocycles. The average molecular weight is 507 g/mol. The minimum absolute atomic E-state index is 0.0493. The predicted octanol–water partition coefficient (Wildman–Crippen LogP) is 4.17. The van der Waals surface area contributed by atoms with E-state index in [0.29, 0.717) is 49.1 Å². The molecule has 10 heteroatoms. The molecule has 7 nitrogen and oxygen atoms in total. The molecule has 0 atom stereocenters. The number of rotatable bonds is 7. The molecule has 2 aromatic carbocycles. The van der Waals surface area contributed by atoms with Crippen LogP contribution in [0.15, 0.2) is 59.6 Å². The fourth-order valence-corrected chi connectivity index (χ4v) is 5.68. The molecule has 0 radical (unpaired) electrons. The Hall–Kier alpha value is -2.39. The first-order chi connectivity index (χ1) is 15.8. The van der Waals surface area contributed by atoms with Gasteiger partial charge in [-0.1, -0.05) is 23.2 Å². The second kappa shape index (κ2) is 10.3. The van der Waals surface area contributed by atoms with Crippen LogP contribution in [0.25, 0.3) is 10.9 Å². The fourth-order valence-electron chi connectivity index (χ4n) is 3.92. The summed E-state index contributed by atoms with van der Waals surface area (Å²) in [6.07, 6.45) is 2.69. The number of halogens is 2. The Morgan fingerprint density at radius 1 is 1.00 bits per heavy atom. The number of amides is 1. The second-order valence-corrected chi connectivity index (χ2v) is 10.7. The van der Waals surface area contributed by atoms with Crippen molar-refractivity contribution in [2.24, 2.45) is 5.92 Å². The smallest absolute Gasteiger partial charge is 0.243 e. The van der Waals surface area contributed by atoms with Crippen molar-refractivity contribution in [3.05, 3.63) is 64.8 Å². The van der Waals surface area contributed by atoms with E-state index in [1.54, 1.807) is 18.3 Å². The van der Waals surface area contributed by atoms with Crippen LogP contribution in [-0.4, -0.2) is 49.8 Å². The number of sulfonamides is 1. The van der Waals surface area contributed by atoms with Gasteiger partial charge in [0.05, 0.1) is 10.4 Å². The number of carbonyl (C=O) groups is 1. The van der Waals surface area contributed by atoms with Gasteiger partial charge in [-0.15, -0.1) is 0 Å². The van der Waals surface area contributed by atoms with Crippen molar-refractivity contribution >= 4 is 55.7 Å². The van der Waals surface area contributed by atoms with Gasteiger partial charge < -0.3 is 10.6 Å². The molecule has 2 N–H and O–H groups in total. The van der Waals surface area contributed by atoms with E-state index < -0.39 is 10.0 Å². The zero-order valence-corrected chi connectivity index (χ0v) is 20.1. The molecule has 1 aliphatic heterocycles. The van der Waals surface area contributed by atoms with E-state index in [1.807, 2.05) is 24.3 Å². The van der Waals surface area contributed by atoms with Gasteiger partial charge in [0.25, 0.3) is 0 Å². The Labute approximate surface area is 203 Å². The minimum atomic E-state index is -3.58. The maximum Gasteiger partial charge on any atom is 0.243 e. The van der Waals surface area contributed by atoms with Crippen LogP contribution in [0.5, 0.6) is 0 Å². The molecular weight excluding hydrogens is 483 g/mol. The third-order valence-corrected chi connectivity index (χ3v) is 8.12. The Kier molecular flexibility index (Phi) is 7.38. The van der Waals surface area contributed by atoms with Crippen LogP contribution in [0, 0.1) is 5.92 Å². The van der Waals surface area contributed by atoms with Gasteiger partial charge in [0, 0.05) is 59.4 Å². The van der Waals surface area contributed by atoms with Gasteiger partial charge in [-0.2, -0.15) is 4.31 Å². The van der Waals surface area contributed by atoms with Gasteiger partial charge in [0.2, 0.25) is 15.9 Å². The summed E-state index contributed by atoms with van der Waals surface area (Å²) in [4.78, 5) is 17.1. The van der Waals surface area contributed by atoms with E-state index in [9.17, 15) is 13.2 Å². The van der Waals surface area contributed by atoms with E-state index in [0.717, 1.165) is 16.6 Å². The molecule has 174 valence electrons. The summed E-state index contributed by atoms with van der Waals surface area (Å²) in [5, 5.41) is 8.35. The van der Waals surface area contributed by atoms with Crippen molar-refractivity contribution in [3.63, 3.8) is 0 Å². The summed E-state index contributed by atoms with van der Waals surface area (Å²) >= 11 is 11.9. The first kappa shape index (κ1) is 23.8. The molecule has 0 spiro atoms. The monoisotopic (exact) mass is 506 g/mol. The van der Waals surface area contributed by atoms with E-state index in [4.69, 9.17) is 23.2 Å². The maximum atomic E-state index is 12.8. The number of pyridine rings is 1. The number of piperidine rings is 1. The zero-order valence-electron chi connectivity index (χ0n) is 17.8. The van der Waals surface area contributed by atoms with E-state index in [-0.39, 0.29) is 16.7 Å². The van der Waals surface area contributed by atoms with Gasteiger partial charge in [-0.3, -0.25) is 9.78 Å². The molecule has 1 aliphatic rings. The normalized spacial score (nSPS) is 15.5. The fraction of sp³-hybridized carbons (Fsp3) is 0.304. The van der Waals surface area contributed by atoms with Crippen LogP contribution >= 0.6 is 23.2 Å². The second-order valence-electron chi connectivity index (χ2n) is 7.87. The van der Waals surface area contributed by atoms with Crippen LogP contribution < -0.4 is 10.6 Å². The first-order valence-electron chi connectivity index (χ1n) is 10.7. The molecule has 0 bridgehead atoms. The highest BCUT2D eigenvalue weighted by Gasteiger charge is 2.31. The highest BCUT2D eigenvalue weighted by molar-refractivity contribution is 7.89. The Morgan fingerprint density at radius 3 is 2.42 bits per heavy atom. The number of aromatic nitrogens is 1. The molecule has 1 fully saturated rings. The van der Waals surface area contributed by atoms with Gasteiger partial charge in [0.15, 0.2) is 0 Å². The summed E-state index contributed by atoms with van der Waals surface area (Å²) < 4.78 is 27.0. The summed E-state index contributed by atoms with van der Waals surface area (Å²) in [6, 6.07) is 13.6. The lowest BCUT2D eigenvalue weighted by molar-refractivity contribution is -0.126. The predicted molar refractivity (Wildman–Crippen MR) is 131 cm³/mol. The van der Waals surface area contributed by atoms with Gasteiger partial charge in [0.1, 0.15) is 0 Å². The van der Waals surface area contributed by atoms with Crippen LogP contribution in [0.1, 0.15) is 12.8 Å². The molecule has 1 aromatic heterocycles. The Morgan fingerprint density at radius 2 is 1.70 bits per heavy atom. The number of carbonyl (C=O) groups excluding carboxylic acids is 1. The first-order valence-corrected chi connectivity index (χ1v) is 12.9. The topological polar surface area (TPSA) is 91.4 Å². The van der Waals surface area contributed by atoms with Gasteiger partial charge in [-0.05, 0) is 61.4 Å². The SMILES string of the molecule is O=C(NCCNc1ccnc2cc(Cl)ccc12)C1CCN(S(=O)(=O)c2ccc(Cl)cc2)CC1. The van der Waals surface area contributed by atoms with E-state index in [1.165, 1.54) is 16.4 Å². The van der Waals surface area contributed by atoms with Crippen LogP contribution in [0.4, 0.5) is 5.69 Å². The number of hydrogen-bond acceptors (Lipinski definition) is 5. The minimum Gasteiger partial charge on any atom is -0.383 e. The third-order valence-electron chi connectivity index (χ3n) is 5.72. The van der Waals surface area contributed by atoms with Crippen molar-refractivity contribution in [3.8, 4) is 0 Å². The lowest BCUT2D eigenvalue weighted by atomic mass is 9.97. The highest BCUT2D eigenvalue weighted by atomic mass is 35.5.